The van der Waals surface area contributed by atoms with Crippen molar-refractivity contribution in [2.24, 2.45) is 0 Å². The van der Waals surface area contributed by atoms with Crippen LogP contribution < -0.4 is 4.90 Å². The van der Waals surface area contributed by atoms with Gasteiger partial charge in [0.2, 0.25) is 5.91 Å². The minimum absolute atomic E-state index is 0.205. The molecule has 0 unspecified atom stereocenters. The number of rotatable bonds is 4. The Morgan fingerprint density at radius 1 is 1.17 bits per heavy atom. The summed E-state index contributed by atoms with van der Waals surface area (Å²) in [5, 5.41) is 0. The Morgan fingerprint density at radius 3 is 2.58 bits per heavy atom. The lowest BCUT2D eigenvalue weighted by atomic mass is 10.1. The molecule has 1 aromatic heterocycles. The Bertz CT molecular complexity index is 715. The third kappa shape index (κ3) is 3.61. The zero-order chi connectivity index (χ0) is 17.1. The van der Waals surface area contributed by atoms with Crippen LogP contribution in [0.5, 0.6) is 0 Å². The van der Waals surface area contributed by atoms with Crippen LogP contribution in [0.3, 0.4) is 0 Å². The lowest BCUT2D eigenvalue weighted by molar-refractivity contribution is -0.131. The minimum atomic E-state index is 0.205. The highest BCUT2D eigenvalue weighted by Gasteiger charge is 2.22. The van der Waals surface area contributed by atoms with Crippen molar-refractivity contribution in [1.29, 1.82) is 0 Å². The largest absolute Gasteiger partial charge is 0.449 e. The standard InChI is InChI=1S/C19H25N3O2/c1-14-5-4-6-18(15(14)2)21-9-11-22(12-10-21)19(23)8-7-17-13-24-16(3)20-17/h4-6,13H,7-12H2,1-3H3. The molecular formula is C19H25N3O2. The van der Waals surface area contributed by atoms with Crippen molar-refractivity contribution in [3.05, 3.63) is 47.2 Å². The number of hydrogen-bond donors (Lipinski definition) is 0. The van der Waals surface area contributed by atoms with Gasteiger partial charge in [-0.15, -0.1) is 0 Å². The van der Waals surface area contributed by atoms with Crippen LogP contribution >= 0.6 is 0 Å². The van der Waals surface area contributed by atoms with Crippen LogP contribution in [0.15, 0.2) is 28.9 Å². The highest BCUT2D eigenvalue weighted by atomic mass is 16.3. The first kappa shape index (κ1) is 16.6. The van der Waals surface area contributed by atoms with Crippen LogP contribution in [-0.4, -0.2) is 42.0 Å². The number of amides is 1. The molecule has 2 heterocycles. The van der Waals surface area contributed by atoms with Gasteiger partial charge in [0.25, 0.3) is 0 Å². The first-order valence-electron chi connectivity index (χ1n) is 8.54. The molecule has 24 heavy (non-hydrogen) atoms. The van der Waals surface area contributed by atoms with Gasteiger partial charge in [0.15, 0.2) is 5.89 Å². The first-order chi connectivity index (χ1) is 11.5. The van der Waals surface area contributed by atoms with E-state index in [0.717, 1.165) is 31.9 Å². The molecule has 1 aromatic carbocycles. The minimum Gasteiger partial charge on any atom is -0.449 e. The van der Waals surface area contributed by atoms with Gasteiger partial charge in [-0.2, -0.15) is 0 Å². The third-order valence-electron chi connectivity index (χ3n) is 4.81. The Labute approximate surface area is 143 Å². The van der Waals surface area contributed by atoms with Crippen molar-refractivity contribution < 1.29 is 9.21 Å². The van der Waals surface area contributed by atoms with Crippen LogP contribution in [0.25, 0.3) is 0 Å². The van der Waals surface area contributed by atoms with E-state index in [9.17, 15) is 4.79 Å². The van der Waals surface area contributed by atoms with Gasteiger partial charge in [-0.1, -0.05) is 12.1 Å². The third-order valence-corrected chi connectivity index (χ3v) is 4.81. The van der Waals surface area contributed by atoms with E-state index in [1.165, 1.54) is 16.8 Å². The Morgan fingerprint density at radius 2 is 1.92 bits per heavy atom. The van der Waals surface area contributed by atoms with Crippen LogP contribution in [0, 0.1) is 20.8 Å². The van der Waals surface area contributed by atoms with E-state index < -0.39 is 0 Å². The number of carbonyl (C=O) groups excluding carboxylic acids is 1. The zero-order valence-corrected chi connectivity index (χ0v) is 14.7. The quantitative estimate of drug-likeness (QED) is 0.866. The SMILES string of the molecule is Cc1nc(CCC(=O)N2CCN(c3cccc(C)c3C)CC2)co1. The maximum absolute atomic E-state index is 12.4. The summed E-state index contributed by atoms with van der Waals surface area (Å²) in [6, 6.07) is 6.42. The molecule has 0 bridgehead atoms. The fourth-order valence-electron chi connectivity index (χ4n) is 3.19. The summed E-state index contributed by atoms with van der Waals surface area (Å²) in [5.74, 6) is 0.857. The molecule has 3 rings (SSSR count). The fourth-order valence-corrected chi connectivity index (χ4v) is 3.19. The summed E-state index contributed by atoms with van der Waals surface area (Å²) in [4.78, 5) is 21.0. The summed E-state index contributed by atoms with van der Waals surface area (Å²) in [5.41, 5.74) is 4.79. The van der Waals surface area contributed by atoms with Gasteiger partial charge >= 0.3 is 0 Å². The van der Waals surface area contributed by atoms with Crippen molar-refractivity contribution in [3.8, 4) is 0 Å². The molecule has 128 valence electrons. The van der Waals surface area contributed by atoms with Gasteiger partial charge in [-0.25, -0.2) is 4.98 Å². The van der Waals surface area contributed by atoms with Crippen molar-refractivity contribution in [3.63, 3.8) is 0 Å². The lowest BCUT2D eigenvalue weighted by Gasteiger charge is -2.37. The smallest absolute Gasteiger partial charge is 0.223 e. The zero-order valence-electron chi connectivity index (χ0n) is 14.7. The number of nitrogens with zero attached hydrogens (tertiary/aromatic N) is 3. The maximum Gasteiger partial charge on any atom is 0.223 e. The van der Waals surface area contributed by atoms with E-state index in [1.54, 1.807) is 6.26 Å². The van der Waals surface area contributed by atoms with E-state index in [1.807, 2.05) is 11.8 Å². The molecule has 1 fully saturated rings. The molecule has 5 nitrogen and oxygen atoms in total. The predicted octanol–water partition coefficient (Wildman–Crippen LogP) is 2.88. The van der Waals surface area contributed by atoms with E-state index in [0.29, 0.717) is 18.7 Å². The van der Waals surface area contributed by atoms with Gasteiger partial charge in [-0.3, -0.25) is 4.79 Å². The lowest BCUT2D eigenvalue weighted by Crippen LogP contribution is -2.49. The Balaban J connectivity index is 1.53. The Kier molecular flexibility index (Phi) is 4.88. The fraction of sp³-hybridized carbons (Fsp3) is 0.474. The molecular weight excluding hydrogens is 302 g/mol. The van der Waals surface area contributed by atoms with Crippen molar-refractivity contribution >= 4 is 11.6 Å². The molecule has 2 aromatic rings. The van der Waals surface area contributed by atoms with Gasteiger partial charge in [-0.05, 0) is 31.0 Å². The molecule has 0 N–H and O–H groups in total. The van der Waals surface area contributed by atoms with E-state index >= 15 is 0 Å². The van der Waals surface area contributed by atoms with Gasteiger partial charge < -0.3 is 14.2 Å². The van der Waals surface area contributed by atoms with Gasteiger partial charge in [0.1, 0.15) is 6.26 Å². The second kappa shape index (κ2) is 7.07. The average molecular weight is 327 g/mol. The summed E-state index contributed by atoms with van der Waals surface area (Å²) < 4.78 is 5.18. The monoisotopic (exact) mass is 327 g/mol. The predicted molar refractivity (Wildman–Crippen MR) is 94.3 cm³/mol. The van der Waals surface area contributed by atoms with Gasteiger partial charge in [0.05, 0.1) is 5.69 Å². The molecule has 0 aliphatic carbocycles. The number of anilines is 1. The van der Waals surface area contributed by atoms with Crippen LogP contribution in [0.2, 0.25) is 0 Å². The van der Waals surface area contributed by atoms with Gasteiger partial charge in [0, 0.05) is 51.6 Å². The number of oxazole rings is 1. The Hall–Kier alpha value is -2.30. The highest BCUT2D eigenvalue weighted by molar-refractivity contribution is 5.76. The van der Waals surface area contributed by atoms with Crippen molar-refractivity contribution in [2.75, 3.05) is 31.1 Å². The molecule has 0 spiro atoms. The van der Waals surface area contributed by atoms with E-state index in [-0.39, 0.29) is 5.91 Å². The summed E-state index contributed by atoms with van der Waals surface area (Å²) >= 11 is 0. The van der Waals surface area contributed by atoms with E-state index in [4.69, 9.17) is 4.42 Å². The number of piperazine rings is 1. The second-order valence-electron chi connectivity index (χ2n) is 6.44. The summed E-state index contributed by atoms with van der Waals surface area (Å²) in [6.07, 6.45) is 2.78. The summed E-state index contributed by atoms with van der Waals surface area (Å²) in [7, 11) is 0. The number of aryl methyl sites for hydroxylation is 3. The highest BCUT2D eigenvalue weighted by Crippen LogP contribution is 2.24. The van der Waals surface area contributed by atoms with E-state index in [2.05, 4.69) is 41.9 Å². The molecule has 1 aliphatic heterocycles. The van der Waals surface area contributed by atoms with Crippen LogP contribution in [0.1, 0.15) is 29.1 Å². The summed E-state index contributed by atoms with van der Waals surface area (Å²) in [6.45, 7) is 9.47. The number of aromatic nitrogens is 1. The normalized spacial score (nSPS) is 15.0. The number of carbonyl (C=O) groups is 1. The average Bonchev–Trinajstić information content (AvgIpc) is 3.01. The first-order valence-corrected chi connectivity index (χ1v) is 8.54. The molecule has 1 saturated heterocycles. The molecule has 0 radical (unpaired) electrons. The van der Waals surface area contributed by atoms with Crippen LogP contribution in [0.4, 0.5) is 5.69 Å². The molecule has 0 saturated carbocycles. The number of hydrogen-bond acceptors (Lipinski definition) is 4. The molecule has 1 amide bonds. The molecule has 0 atom stereocenters. The van der Waals surface area contributed by atoms with Crippen LogP contribution in [-0.2, 0) is 11.2 Å². The second-order valence-corrected chi connectivity index (χ2v) is 6.44. The molecule has 1 aliphatic rings. The maximum atomic E-state index is 12.4. The molecule has 5 heteroatoms. The number of benzene rings is 1. The topological polar surface area (TPSA) is 49.6 Å². The van der Waals surface area contributed by atoms with Crippen molar-refractivity contribution in [1.82, 2.24) is 9.88 Å². The van der Waals surface area contributed by atoms with Crippen molar-refractivity contribution in [2.45, 2.75) is 33.6 Å².